The fraction of sp³-hybridized carbons (Fsp3) is 0.493. The second-order valence-corrected chi connectivity index (χ2v) is 26.6. The van der Waals surface area contributed by atoms with Crippen LogP contribution in [-0.4, -0.2) is 157 Å². The zero-order valence-corrected chi connectivity index (χ0v) is 53.2. The second-order valence-electron chi connectivity index (χ2n) is 26.6. The third-order valence-electron chi connectivity index (χ3n) is 18.4. The van der Waals surface area contributed by atoms with Crippen LogP contribution in [0.1, 0.15) is 156 Å². The minimum atomic E-state index is -1.16. The van der Waals surface area contributed by atoms with E-state index in [4.69, 9.17) is 24.7 Å². The highest BCUT2D eigenvalue weighted by atomic mass is 19.1. The summed E-state index contributed by atoms with van der Waals surface area (Å²) in [5, 5.41) is 32.1. The molecule has 0 radical (unpaired) electrons. The Morgan fingerprint density at radius 1 is 0.833 bits per heavy atom. The molecule has 4 saturated heterocycles. The van der Waals surface area contributed by atoms with Gasteiger partial charge in [0, 0.05) is 117 Å². The predicted molar refractivity (Wildman–Crippen MR) is 343 cm³/mol. The smallest absolute Gasteiger partial charge is 0.410 e. The highest BCUT2D eigenvalue weighted by Gasteiger charge is 2.35. The van der Waals surface area contributed by atoms with E-state index >= 15 is 0 Å². The molecule has 1 amide bonds. The number of hydrogen-bond donors (Lipinski definition) is 5. The third-order valence-corrected chi connectivity index (χ3v) is 18.4. The summed E-state index contributed by atoms with van der Waals surface area (Å²) in [4.78, 5) is 46.4. The molecule has 0 spiro atoms. The number of nitrogens with one attached hydrogen (secondary N) is 3. The number of likely N-dealkylation sites (tertiary alicyclic amines) is 3. The van der Waals surface area contributed by atoms with Crippen LogP contribution in [0.5, 0.6) is 23.1 Å². The number of fused-ring (bicyclic) bond motifs is 2. The molecule has 478 valence electrons. The van der Waals surface area contributed by atoms with Gasteiger partial charge in [-0.05, 0) is 190 Å². The molecule has 8 heterocycles. The number of pyridine rings is 1. The van der Waals surface area contributed by atoms with Crippen molar-refractivity contribution in [3.05, 3.63) is 130 Å². The molecular weight excluding hydrogens is 1150 g/mol. The number of aliphatic hydroxyl groups is 1. The van der Waals surface area contributed by atoms with Crippen molar-refractivity contribution in [1.82, 2.24) is 49.6 Å². The number of aryl methyl sites for hydroxylation is 1. The number of nitrogen functional groups attached to an aromatic ring is 1. The number of para-hydroxylation sites is 1. The first-order valence-electron chi connectivity index (χ1n) is 31.9. The van der Waals surface area contributed by atoms with E-state index in [1.165, 1.54) is 29.3 Å². The first kappa shape index (κ1) is 63.5. The molecule has 4 aromatic heterocycles. The maximum Gasteiger partial charge on any atom is 0.410 e. The molecule has 6 N–H and O–H groups in total. The zero-order valence-electron chi connectivity index (χ0n) is 53.2. The maximum atomic E-state index is 14.4. The Hall–Kier alpha value is -8.03. The van der Waals surface area contributed by atoms with Gasteiger partial charge in [0.1, 0.15) is 52.9 Å². The van der Waals surface area contributed by atoms with Gasteiger partial charge in [-0.25, -0.2) is 23.2 Å². The highest BCUT2D eigenvalue weighted by molar-refractivity contribution is 6.12. The molecule has 19 nitrogen and oxygen atoms in total. The molecule has 11 rings (SSSR count). The summed E-state index contributed by atoms with van der Waals surface area (Å²) in [5.74, 6) is -0.421. The number of anilines is 1. The molecule has 4 unspecified atom stereocenters. The summed E-state index contributed by atoms with van der Waals surface area (Å²) in [6, 6.07) is 20.4. The summed E-state index contributed by atoms with van der Waals surface area (Å²) >= 11 is 0. The highest BCUT2D eigenvalue weighted by Crippen LogP contribution is 2.43. The van der Waals surface area contributed by atoms with E-state index in [0.29, 0.717) is 53.4 Å². The van der Waals surface area contributed by atoms with Crippen LogP contribution >= 0.6 is 0 Å². The number of aliphatic hydroxyl groups excluding tert-OH is 1. The number of nitrogens with zero attached hydrogens (tertiary/aromatic N) is 8. The molecule has 90 heavy (non-hydrogen) atoms. The normalized spacial score (nSPS) is 19.5. The van der Waals surface area contributed by atoms with Crippen molar-refractivity contribution in [3.8, 4) is 34.9 Å². The lowest BCUT2D eigenvalue weighted by molar-refractivity contribution is 0.0203. The summed E-state index contributed by atoms with van der Waals surface area (Å²) < 4.78 is 55.6. The summed E-state index contributed by atoms with van der Waals surface area (Å²) in [6.45, 7) is 19.9. The van der Waals surface area contributed by atoms with Crippen LogP contribution < -0.4 is 25.3 Å². The number of ether oxygens (including phenoxy) is 4. The molecule has 3 aromatic carbocycles. The van der Waals surface area contributed by atoms with Crippen molar-refractivity contribution in [3.63, 3.8) is 0 Å². The lowest BCUT2D eigenvalue weighted by Crippen LogP contribution is -2.47. The quantitative estimate of drug-likeness (QED) is 0.0306. The Morgan fingerprint density at radius 3 is 2.07 bits per heavy atom. The summed E-state index contributed by atoms with van der Waals surface area (Å²) in [7, 11) is 3.56. The molecule has 21 heteroatoms. The molecule has 4 aliphatic heterocycles. The molecule has 4 fully saturated rings. The number of halogens is 2. The number of Topliss-reactive ketones (excluding diaryl/α,β-unsaturated/α-hetero) is 1. The monoisotopic (exact) mass is 1230 g/mol. The number of piperidine rings is 4. The number of hydrogen-bond acceptors (Lipinski definition) is 15. The van der Waals surface area contributed by atoms with Crippen LogP contribution in [0.25, 0.3) is 27.5 Å². The van der Waals surface area contributed by atoms with Gasteiger partial charge in [0.2, 0.25) is 17.4 Å². The van der Waals surface area contributed by atoms with Crippen LogP contribution in [0.3, 0.4) is 0 Å². The van der Waals surface area contributed by atoms with Crippen LogP contribution in [0.2, 0.25) is 0 Å². The van der Waals surface area contributed by atoms with E-state index in [1.807, 2.05) is 39.0 Å². The van der Waals surface area contributed by atoms with Crippen molar-refractivity contribution in [2.45, 2.75) is 160 Å². The number of carbonyl (C=O) groups is 2. The van der Waals surface area contributed by atoms with Gasteiger partial charge < -0.3 is 64.7 Å². The van der Waals surface area contributed by atoms with E-state index in [0.717, 1.165) is 147 Å². The fourth-order valence-electron chi connectivity index (χ4n) is 13.5. The van der Waals surface area contributed by atoms with Gasteiger partial charge in [-0.3, -0.25) is 4.79 Å². The number of allylic oxidation sites excluding steroid dienone is 1. The van der Waals surface area contributed by atoms with E-state index in [1.54, 1.807) is 36.9 Å². The lowest BCUT2D eigenvalue weighted by Gasteiger charge is -2.40. The first-order valence-corrected chi connectivity index (χ1v) is 31.9. The Bertz CT molecular complexity index is 3780. The van der Waals surface area contributed by atoms with Crippen LogP contribution in [-0.2, 0) is 4.74 Å². The molecule has 4 aliphatic rings. The number of carbonyl (C=O) groups excluding carboxylic acids is 2. The summed E-state index contributed by atoms with van der Waals surface area (Å²) in [6.07, 6.45) is 11.0. The zero-order chi connectivity index (χ0) is 63.7. The number of aromatic amines is 2. The third kappa shape index (κ3) is 14.3. The van der Waals surface area contributed by atoms with Crippen molar-refractivity contribution in [2.75, 3.05) is 65.6 Å². The number of nitriles is 1. The Labute approximate surface area is 525 Å². The number of amides is 1. The number of ketones is 1. The lowest BCUT2D eigenvalue weighted by atomic mass is 9.83. The van der Waals surface area contributed by atoms with E-state index in [9.17, 15) is 28.7 Å². The first-order chi connectivity index (χ1) is 43.1. The molecular formula is C69H86F2N12O7. The van der Waals surface area contributed by atoms with E-state index in [-0.39, 0.29) is 59.2 Å². The van der Waals surface area contributed by atoms with Gasteiger partial charge in [-0.2, -0.15) is 10.4 Å². The second kappa shape index (κ2) is 26.8. The Morgan fingerprint density at radius 2 is 1.46 bits per heavy atom. The molecule has 0 saturated carbocycles. The van der Waals surface area contributed by atoms with Crippen molar-refractivity contribution >= 4 is 39.5 Å². The van der Waals surface area contributed by atoms with Gasteiger partial charge in [0.05, 0.1) is 23.8 Å². The van der Waals surface area contributed by atoms with Crippen molar-refractivity contribution < 1.29 is 42.4 Å². The van der Waals surface area contributed by atoms with Crippen molar-refractivity contribution in [2.24, 2.45) is 0 Å². The average molecular weight is 1230 g/mol. The standard InChI is InChI=1S/C69H86F2N12O7/c1-40(2)80-23-16-49(17-24-80)88-62-33-46-31-59(65(85)53-37-76-83(67(53)73)60-38-75-63(27-41(60)3)89-66-54(70)11-10-12-55(66)71)78-57(46)35-52(62)44-13-20-74-48(29-44)28-42(4)81-25-18-50(19-26-81)87-61-32-45-30-58(64(84)47(36-72)39-79(8)9)77-56(45)34-51(61)43-14-21-82(22-15-43)68(86)90-69(5,6)7/h10-12,27,30-35,37-40,42-44,48-50,65,74,77-78,85H,13-26,28-29,73H2,1-9H3/b47-39+. The molecule has 0 aliphatic carbocycles. The van der Waals surface area contributed by atoms with Gasteiger partial charge in [0.15, 0.2) is 11.6 Å². The van der Waals surface area contributed by atoms with Crippen LogP contribution in [0, 0.1) is 29.9 Å². The predicted octanol–water partition coefficient (Wildman–Crippen LogP) is 11.9. The van der Waals surface area contributed by atoms with Gasteiger partial charge >= 0.3 is 6.09 Å². The maximum absolute atomic E-state index is 14.4. The van der Waals surface area contributed by atoms with E-state index in [2.05, 4.69) is 80.2 Å². The number of rotatable bonds is 18. The number of H-pyrrole nitrogens is 2. The van der Waals surface area contributed by atoms with Gasteiger partial charge in [0.25, 0.3) is 0 Å². The Kier molecular flexibility index (Phi) is 18.9. The molecule has 7 aromatic rings. The summed E-state index contributed by atoms with van der Waals surface area (Å²) in [5.41, 5.74) is 12.5. The number of nitrogens with two attached hydrogens (primary N) is 1. The topological polar surface area (TPSA) is 228 Å². The fourth-order valence-corrected chi connectivity index (χ4v) is 13.5. The van der Waals surface area contributed by atoms with Crippen molar-refractivity contribution in [1.29, 1.82) is 5.26 Å². The van der Waals surface area contributed by atoms with Gasteiger partial charge in [-0.15, -0.1) is 0 Å². The molecule has 4 atom stereocenters. The van der Waals surface area contributed by atoms with E-state index < -0.39 is 29.1 Å². The minimum Gasteiger partial charge on any atom is -0.490 e. The number of benzene rings is 3. The SMILES string of the molecule is Cc1cc(Oc2c(F)cccc2F)ncc1-n1ncc(C(O)c2cc3cc(OC4CCN(C(C)C)CC4)c(C4CCNC(CC(C)N5CCC(Oc6cc7cc(C(=O)/C(C#N)=C/N(C)C)[nH]c7cc6C6CCN(C(=O)OC(C)(C)C)CC6)CC5)C4)cc3[nH]2)c1N. The average Bonchev–Trinajstić information content (AvgIpc) is 1.73. The largest absolute Gasteiger partial charge is 0.490 e. The van der Waals surface area contributed by atoms with Crippen LogP contribution in [0.15, 0.2) is 84.8 Å². The number of aromatic nitrogens is 5. The van der Waals surface area contributed by atoms with Gasteiger partial charge in [-0.1, -0.05) is 6.07 Å². The molecule has 0 bridgehead atoms. The Balaban J connectivity index is 0.772. The van der Waals surface area contributed by atoms with Crippen LogP contribution in [0.4, 0.5) is 19.4 Å². The minimum absolute atomic E-state index is 0.00639.